The normalized spacial score (nSPS) is 19.6. The van der Waals surface area contributed by atoms with Gasteiger partial charge in [0.1, 0.15) is 0 Å². The topological polar surface area (TPSA) is 57.5 Å². The van der Waals surface area contributed by atoms with Crippen LogP contribution in [0.25, 0.3) is 0 Å². The van der Waals surface area contributed by atoms with E-state index in [0.29, 0.717) is 0 Å². The molecular formula is C12H14O3. The average molecular weight is 206 g/mol. The Kier molecular flexibility index (Phi) is 2.27. The molecule has 3 nitrogen and oxygen atoms in total. The molecule has 0 amide bonds. The number of hydrogen-bond donors (Lipinski definition) is 2. The highest BCUT2D eigenvalue weighted by Crippen LogP contribution is 2.52. The third-order valence-electron chi connectivity index (χ3n) is 3.23. The largest absolute Gasteiger partial charge is 0.479 e. The van der Waals surface area contributed by atoms with Gasteiger partial charge in [0.2, 0.25) is 0 Å². The molecule has 0 aliphatic heterocycles. The zero-order chi connectivity index (χ0) is 11.1. The number of hydrogen-bond acceptors (Lipinski definition) is 2. The molecule has 1 aliphatic carbocycles. The van der Waals surface area contributed by atoms with Crippen molar-refractivity contribution in [2.24, 2.45) is 0 Å². The number of aliphatic hydroxyl groups is 1. The van der Waals surface area contributed by atoms with Gasteiger partial charge in [0.05, 0.1) is 0 Å². The van der Waals surface area contributed by atoms with Crippen LogP contribution in [-0.4, -0.2) is 22.3 Å². The van der Waals surface area contributed by atoms with Crippen LogP contribution >= 0.6 is 0 Å². The second-order valence-corrected chi connectivity index (χ2v) is 4.21. The van der Waals surface area contributed by atoms with Gasteiger partial charge in [-0.2, -0.15) is 0 Å². The number of benzene rings is 1. The van der Waals surface area contributed by atoms with Crippen molar-refractivity contribution in [2.75, 3.05) is 0 Å². The smallest absolute Gasteiger partial charge is 0.333 e. The SMILES string of the molecule is Cc1ccccc1C1(C(O)C(=O)O)CC1. The highest BCUT2D eigenvalue weighted by molar-refractivity contribution is 5.75. The Bertz CT molecular complexity index is 394. The zero-order valence-electron chi connectivity index (χ0n) is 8.60. The molecule has 0 saturated heterocycles. The molecule has 0 spiro atoms. The number of aryl methyl sites for hydroxylation is 1. The number of aliphatic hydroxyl groups excluding tert-OH is 1. The zero-order valence-corrected chi connectivity index (χ0v) is 8.60. The molecule has 0 bridgehead atoms. The molecule has 1 aromatic carbocycles. The minimum absolute atomic E-state index is 0.531. The molecule has 1 aromatic rings. The third-order valence-corrected chi connectivity index (χ3v) is 3.23. The van der Waals surface area contributed by atoms with E-state index < -0.39 is 17.5 Å². The van der Waals surface area contributed by atoms with Crippen molar-refractivity contribution in [2.45, 2.75) is 31.3 Å². The van der Waals surface area contributed by atoms with Gasteiger partial charge in [-0.05, 0) is 30.9 Å². The number of carboxylic acids is 1. The van der Waals surface area contributed by atoms with Crippen molar-refractivity contribution in [3.05, 3.63) is 35.4 Å². The maximum atomic E-state index is 10.8. The maximum Gasteiger partial charge on any atom is 0.333 e. The van der Waals surface area contributed by atoms with Crippen molar-refractivity contribution in [3.8, 4) is 0 Å². The summed E-state index contributed by atoms with van der Waals surface area (Å²) in [5.41, 5.74) is 1.49. The summed E-state index contributed by atoms with van der Waals surface area (Å²) in [6.07, 6.45) is 0.231. The summed E-state index contributed by atoms with van der Waals surface area (Å²) in [5, 5.41) is 18.6. The lowest BCUT2D eigenvalue weighted by molar-refractivity contribution is -0.148. The second kappa shape index (κ2) is 3.35. The Hall–Kier alpha value is -1.35. The molecule has 2 rings (SSSR count). The van der Waals surface area contributed by atoms with Gasteiger partial charge in [-0.3, -0.25) is 0 Å². The molecule has 2 N–H and O–H groups in total. The van der Waals surface area contributed by atoms with Gasteiger partial charge >= 0.3 is 5.97 Å². The summed E-state index contributed by atoms with van der Waals surface area (Å²) in [6.45, 7) is 1.95. The van der Waals surface area contributed by atoms with Crippen molar-refractivity contribution < 1.29 is 15.0 Å². The predicted molar refractivity (Wildman–Crippen MR) is 55.7 cm³/mol. The highest BCUT2D eigenvalue weighted by atomic mass is 16.4. The van der Waals surface area contributed by atoms with Crippen LogP contribution in [0.15, 0.2) is 24.3 Å². The van der Waals surface area contributed by atoms with Gasteiger partial charge in [-0.15, -0.1) is 0 Å². The fourth-order valence-electron chi connectivity index (χ4n) is 2.19. The molecule has 15 heavy (non-hydrogen) atoms. The van der Waals surface area contributed by atoms with Crippen LogP contribution in [0.5, 0.6) is 0 Å². The first-order valence-electron chi connectivity index (χ1n) is 5.05. The first-order chi connectivity index (χ1) is 7.08. The number of carboxylic acid groups (broad SMARTS) is 1. The second-order valence-electron chi connectivity index (χ2n) is 4.21. The fourth-order valence-corrected chi connectivity index (χ4v) is 2.19. The van der Waals surface area contributed by atoms with Crippen molar-refractivity contribution in [1.29, 1.82) is 0 Å². The first kappa shape index (κ1) is 10.2. The molecule has 0 heterocycles. The Morgan fingerprint density at radius 3 is 2.47 bits per heavy atom. The van der Waals surface area contributed by atoms with Gasteiger partial charge in [0.25, 0.3) is 0 Å². The van der Waals surface area contributed by atoms with Crippen molar-refractivity contribution >= 4 is 5.97 Å². The molecule has 1 atom stereocenters. The molecule has 0 aromatic heterocycles. The standard InChI is InChI=1S/C12H14O3/c1-8-4-2-3-5-9(8)12(6-7-12)10(13)11(14)15/h2-5,10,13H,6-7H2,1H3,(H,14,15). The third kappa shape index (κ3) is 1.53. The number of rotatable bonds is 3. The highest BCUT2D eigenvalue weighted by Gasteiger charge is 2.53. The van der Waals surface area contributed by atoms with Gasteiger partial charge < -0.3 is 10.2 Å². The van der Waals surface area contributed by atoms with Gasteiger partial charge in [0.15, 0.2) is 6.10 Å². The lowest BCUT2D eigenvalue weighted by Gasteiger charge is -2.21. The van der Waals surface area contributed by atoms with E-state index in [4.69, 9.17) is 5.11 Å². The summed E-state index contributed by atoms with van der Waals surface area (Å²) in [7, 11) is 0. The van der Waals surface area contributed by atoms with Crippen LogP contribution in [-0.2, 0) is 10.2 Å². The van der Waals surface area contributed by atoms with E-state index >= 15 is 0 Å². The van der Waals surface area contributed by atoms with Crippen LogP contribution in [0.4, 0.5) is 0 Å². The minimum Gasteiger partial charge on any atom is -0.479 e. The molecule has 1 aliphatic rings. The van der Waals surface area contributed by atoms with Crippen LogP contribution in [0.1, 0.15) is 24.0 Å². The van der Waals surface area contributed by atoms with Crippen LogP contribution in [0.2, 0.25) is 0 Å². The van der Waals surface area contributed by atoms with Crippen LogP contribution in [0, 0.1) is 6.92 Å². The lowest BCUT2D eigenvalue weighted by atomic mass is 9.87. The molecule has 3 heteroatoms. The van der Waals surface area contributed by atoms with Crippen LogP contribution in [0.3, 0.4) is 0 Å². The molecule has 80 valence electrons. The molecular weight excluding hydrogens is 192 g/mol. The van der Waals surface area contributed by atoms with E-state index in [1.165, 1.54) is 0 Å². The number of carbonyl (C=O) groups is 1. The number of aliphatic carboxylic acids is 1. The van der Waals surface area contributed by atoms with Gasteiger partial charge in [0, 0.05) is 5.41 Å². The van der Waals surface area contributed by atoms with Crippen molar-refractivity contribution in [1.82, 2.24) is 0 Å². The molecule has 1 unspecified atom stereocenters. The van der Waals surface area contributed by atoms with Crippen molar-refractivity contribution in [3.63, 3.8) is 0 Å². The summed E-state index contributed by atoms with van der Waals surface area (Å²) >= 11 is 0. The van der Waals surface area contributed by atoms with E-state index in [-0.39, 0.29) is 0 Å². The summed E-state index contributed by atoms with van der Waals surface area (Å²) in [6, 6.07) is 7.66. The molecule has 1 fully saturated rings. The summed E-state index contributed by atoms with van der Waals surface area (Å²) in [4.78, 5) is 10.8. The Balaban J connectivity index is 2.39. The first-order valence-corrected chi connectivity index (χ1v) is 5.05. The maximum absolute atomic E-state index is 10.8. The van der Waals surface area contributed by atoms with E-state index in [1.807, 2.05) is 31.2 Å². The quantitative estimate of drug-likeness (QED) is 0.787. The van der Waals surface area contributed by atoms with Gasteiger partial charge in [-0.25, -0.2) is 4.79 Å². The van der Waals surface area contributed by atoms with E-state index in [0.717, 1.165) is 24.0 Å². The Morgan fingerprint density at radius 2 is 2.00 bits per heavy atom. The minimum atomic E-state index is -1.28. The Labute approximate surface area is 88.4 Å². The fraction of sp³-hybridized carbons (Fsp3) is 0.417. The molecule has 0 radical (unpaired) electrons. The Morgan fingerprint density at radius 1 is 1.40 bits per heavy atom. The lowest BCUT2D eigenvalue weighted by Crippen LogP contribution is -2.34. The monoisotopic (exact) mass is 206 g/mol. The predicted octanol–water partition coefficient (Wildman–Crippen LogP) is 1.47. The molecule has 1 saturated carbocycles. The summed E-state index contributed by atoms with van der Waals surface area (Å²) < 4.78 is 0. The average Bonchev–Trinajstić information content (AvgIpc) is 2.98. The summed E-state index contributed by atoms with van der Waals surface area (Å²) in [5.74, 6) is -1.13. The van der Waals surface area contributed by atoms with Crippen LogP contribution < -0.4 is 0 Å². The van der Waals surface area contributed by atoms with E-state index in [1.54, 1.807) is 0 Å². The van der Waals surface area contributed by atoms with Gasteiger partial charge in [-0.1, -0.05) is 24.3 Å². The van der Waals surface area contributed by atoms with E-state index in [2.05, 4.69) is 0 Å². The van der Waals surface area contributed by atoms with E-state index in [9.17, 15) is 9.90 Å².